The summed E-state index contributed by atoms with van der Waals surface area (Å²) in [6.45, 7) is 0. The van der Waals surface area contributed by atoms with Crippen LogP contribution >= 0.6 is 0 Å². The molecule has 0 aliphatic rings. The van der Waals surface area contributed by atoms with Crippen molar-refractivity contribution in [3.63, 3.8) is 0 Å². The molecule has 2 N–H and O–H groups in total. The van der Waals surface area contributed by atoms with Crippen molar-refractivity contribution in [3.8, 4) is 11.8 Å². The summed E-state index contributed by atoms with van der Waals surface area (Å²) in [4.78, 5) is 0. The third kappa shape index (κ3) is 2.21. The highest BCUT2D eigenvalue weighted by Crippen LogP contribution is 2.25. The van der Waals surface area contributed by atoms with Crippen molar-refractivity contribution in [1.82, 2.24) is 0 Å². The molecule has 0 unspecified atom stereocenters. The van der Waals surface area contributed by atoms with E-state index < -0.39 is 6.04 Å². The van der Waals surface area contributed by atoms with E-state index in [1.807, 2.05) is 6.07 Å². The van der Waals surface area contributed by atoms with Gasteiger partial charge in [-0.2, -0.15) is 5.26 Å². The molecule has 0 aliphatic carbocycles. The summed E-state index contributed by atoms with van der Waals surface area (Å²) in [6.07, 6.45) is 0.183. The van der Waals surface area contributed by atoms with E-state index in [0.29, 0.717) is 11.3 Å². The molecule has 0 saturated heterocycles. The minimum absolute atomic E-state index is 0.183. The molecular weight excluding hydrogens is 183 g/mol. The zero-order valence-corrected chi connectivity index (χ0v) is 7.83. The van der Waals surface area contributed by atoms with Crippen LogP contribution in [0.2, 0.25) is 0 Å². The number of ether oxygens (including phenoxy) is 1. The van der Waals surface area contributed by atoms with Gasteiger partial charge in [0.1, 0.15) is 11.6 Å². The number of hydrogen-bond donors (Lipinski definition) is 1. The van der Waals surface area contributed by atoms with Crippen LogP contribution in [0.5, 0.6) is 5.75 Å². The Balaban J connectivity index is 3.02. The Hall–Kier alpha value is -1.60. The van der Waals surface area contributed by atoms with Gasteiger partial charge in [0, 0.05) is 17.7 Å². The summed E-state index contributed by atoms with van der Waals surface area (Å²) in [5.74, 6) is 0.00232. The normalized spacial score (nSPS) is 11.9. The summed E-state index contributed by atoms with van der Waals surface area (Å²) >= 11 is 0. The molecule has 14 heavy (non-hydrogen) atoms. The lowest BCUT2D eigenvalue weighted by Gasteiger charge is -2.12. The van der Waals surface area contributed by atoms with Gasteiger partial charge >= 0.3 is 0 Å². The SMILES string of the molecule is COc1cc(F)ccc1[C@@H](N)CC#N. The molecule has 0 radical (unpaired) electrons. The maximum atomic E-state index is 12.8. The van der Waals surface area contributed by atoms with E-state index in [2.05, 4.69) is 0 Å². The predicted molar refractivity (Wildman–Crippen MR) is 50.1 cm³/mol. The number of nitrogens with zero attached hydrogens (tertiary/aromatic N) is 1. The molecule has 0 spiro atoms. The first kappa shape index (κ1) is 10.5. The average Bonchev–Trinajstić information content (AvgIpc) is 2.17. The van der Waals surface area contributed by atoms with Gasteiger partial charge in [-0.25, -0.2) is 4.39 Å². The fraction of sp³-hybridized carbons (Fsp3) is 0.300. The fourth-order valence-electron chi connectivity index (χ4n) is 1.20. The number of nitriles is 1. The van der Waals surface area contributed by atoms with Crippen LogP contribution < -0.4 is 10.5 Å². The molecule has 0 aliphatic heterocycles. The van der Waals surface area contributed by atoms with Crippen LogP contribution in [-0.2, 0) is 0 Å². The highest BCUT2D eigenvalue weighted by molar-refractivity contribution is 5.36. The van der Waals surface area contributed by atoms with E-state index >= 15 is 0 Å². The van der Waals surface area contributed by atoms with Gasteiger partial charge < -0.3 is 10.5 Å². The van der Waals surface area contributed by atoms with Crippen LogP contribution in [0.3, 0.4) is 0 Å². The number of halogens is 1. The van der Waals surface area contributed by atoms with Crippen molar-refractivity contribution >= 4 is 0 Å². The highest BCUT2D eigenvalue weighted by Gasteiger charge is 2.11. The predicted octanol–water partition coefficient (Wildman–Crippen LogP) is 1.75. The van der Waals surface area contributed by atoms with Crippen LogP contribution in [-0.4, -0.2) is 7.11 Å². The van der Waals surface area contributed by atoms with Crippen LogP contribution in [0.4, 0.5) is 4.39 Å². The Bertz CT molecular complexity index is 360. The van der Waals surface area contributed by atoms with Crippen molar-refractivity contribution in [1.29, 1.82) is 5.26 Å². The average molecular weight is 194 g/mol. The summed E-state index contributed by atoms with van der Waals surface area (Å²) in [5.41, 5.74) is 6.36. The van der Waals surface area contributed by atoms with E-state index in [9.17, 15) is 4.39 Å². The lowest BCUT2D eigenvalue weighted by molar-refractivity contribution is 0.402. The minimum Gasteiger partial charge on any atom is -0.496 e. The molecule has 0 saturated carbocycles. The Morgan fingerprint density at radius 2 is 2.36 bits per heavy atom. The molecule has 1 aromatic rings. The van der Waals surface area contributed by atoms with E-state index in [1.54, 1.807) is 0 Å². The quantitative estimate of drug-likeness (QED) is 0.797. The highest BCUT2D eigenvalue weighted by atomic mass is 19.1. The van der Waals surface area contributed by atoms with Gasteiger partial charge in [0.25, 0.3) is 0 Å². The Labute approximate surface area is 81.9 Å². The maximum Gasteiger partial charge on any atom is 0.126 e. The zero-order chi connectivity index (χ0) is 10.6. The smallest absolute Gasteiger partial charge is 0.126 e. The third-order valence-electron chi connectivity index (χ3n) is 1.91. The first-order valence-electron chi connectivity index (χ1n) is 4.15. The van der Waals surface area contributed by atoms with Gasteiger partial charge in [0.05, 0.1) is 19.6 Å². The van der Waals surface area contributed by atoms with Gasteiger partial charge in [-0.05, 0) is 6.07 Å². The zero-order valence-electron chi connectivity index (χ0n) is 7.83. The second-order valence-corrected chi connectivity index (χ2v) is 2.86. The molecule has 74 valence electrons. The molecule has 0 fully saturated rings. The lowest BCUT2D eigenvalue weighted by Crippen LogP contribution is -2.10. The lowest BCUT2D eigenvalue weighted by atomic mass is 10.0. The second kappa shape index (κ2) is 4.58. The van der Waals surface area contributed by atoms with Crippen molar-refractivity contribution in [2.24, 2.45) is 5.73 Å². The molecule has 0 heterocycles. The van der Waals surface area contributed by atoms with E-state index in [1.165, 1.54) is 25.3 Å². The monoisotopic (exact) mass is 194 g/mol. The summed E-state index contributed by atoms with van der Waals surface area (Å²) in [6, 6.07) is 5.62. The van der Waals surface area contributed by atoms with Gasteiger partial charge in [0.2, 0.25) is 0 Å². The molecule has 0 aromatic heterocycles. The van der Waals surface area contributed by atoms with Crippen molar-refractivity contribution in [3.05, 3.63) is 29.6 Å². The minimum atomic E-state index is -0.435. The van der Waals surface area contributed by atoms with Crippen molar-refractivity contribution in [2.75, 3.05) is 7.11 Å². The summed E-state index contributed by atoms with van der Waals surface area (Å²) < 4.78 is 17.8. The third-order valence-corrected chi connectivity index (χ3v) is 1.91. The van der Waals surface area contributed by atoms with E-state index in [4.69, 9.17) is 15.7 Å². The summed E-state index contributed by atoms with van der Waals surface area (Å²) in [7, 11) is 1.44. The molecule has 1 atom stereocenters. The summed E-state index contributed by atoms with van der Waals surface area (Å²) in [5, 5.41) is 8.47. The van der Waals surface area contributed by atoms with Gasteiger partial charge in [0.15, 0.2) is 0 Å². The van der Waals surface area contributed by atoms with Crippen molar-refractivity contribution < 1.29 is 9.13 Å². The number of methoxy groups -OCH3 is 1. The molecule has 4 heteroatoms. The van der Waals surface area contributed by atoms with E-state index in [0.717, 1.165) is 0 Å². The van der Waals surface area contributed by atoms with Crippen LogP contribution in [0, 0.1) is 17.1 Å². The molecule has 1 rings (SSSR count). The number of rotatable bonds is 3. The maximum absolute atomic E-state index is 12.8. The second-order valence-electron chi connectivity index (χ2n) is 2.86. The first-order chi connectivity index (χ1) is 6.69. The van der Waals surface area contributed by atoms with Gasteiger partial charge in [-0.3, -0.25) is 0 Å². The number of benzene rings is 1. The van der Waals surface area contributed by atoms with Crippen LogP contribution in [0.1, 0.15) is 18.0 Å². The Kier molecular flexibility index (Phi) is 3.43. The molecule has 1 aromatic carbocycles. The van der Waals surface area contributed by atoms with E-state index in [-0.39, 0.29) is 12.2 Å². The molecule has 0 amide bonds. The standard InChI is InChI=1S/C10H11FN2O/c1-14-10-6-7(11)2-3-8(10)9(13)4-5-12/h2-3,6,9H,4,13H2,1H3/t9-/m0/s1. The van der Waals surface area contributed by atoms with Crippen LogP contribution in [0.15, 0.2) is 18.2 Å². The topological polar surface area (TPSA) is 59.0 Å². The van der Waals surface area contributed by atoms with Gasteiger partial charge in [-0.1, -0.05) is 6.07 Å². The number of hydrogen-bond acceptors (Lipinski definition) is 3. The van der Waals surface area contributed by atoms with Crippen LogP contribution in [0.25, 0.3) is 0 Å². The van der Waals surface area contributed by atoms with Gasteiger partial charge in [-0.15, -0.1) is 0 Å². The first-order valence-corrected chi connectivity index (χ1v) is 4.15. The molecule has 0 bridgehead atoms. The Morgan fingerprint density at radius 1 is 1.64 bits per heavy atom. The fourth-order valence-corrected chi connectivity index (χ4v) is 1.20. The molecular formula is C10H11FN2O. The van der Waals surface area contributed by atoms with Crippen molar-refractivity contribution in [2.45, 2.75) is 12.5 Å². The molecule has 3 nitrogen and oxygen atoms in total. The largest absolute Gasteiger partial charge is 0.496 e. The number of nitrogens with two attached hydrogens (primary N) is 1. The Morgan fingerprint density at radius 3 is 2.93 bits per heavy atom.